The number of halogens is 2. The smallest absolute Gasteiger partial charge is 0.178 e. The fourth-order valence-electron chi connectivity index (χ4n) is 1.68. The maximum absolute atomic E-state index is 13.7. The second-order valence-corrected chi connectivity index (χ2v) is 5.37. The zero-order valence-electron chi connectivity index (χ0n) is 11.3. The third-order valence-corrected chi connectivity index (χ3v) is 2.84. The lowest BCUT2D eigenvalue weighted by molar-refractivity contribution is 0.234. The molecular formula is C12H20F2N4O. The Bertz CT molecular complexity index is 434. The first-order valence-corrected chi connectivity index (χ1v) is 5.99. The number of nitrogens with zero attached hydrogens (tertiary/aromatic N) is 1. The van der Waals surface area contributed by atoms with Gasteiger partial charge in [-0.25, -0.2) is 19.6 Å². The number of hydrogen-bond donors (Lipinski definition) is 4. The van der Waals surface area contributed by atoms with Gasteiger partial charge >= 0.3 is 0 Å². The van der Waals surface area contributed by atoms with Gasteiger partial charge in [-0.1, -0.05) is 20.8 Å². The molecule has 0 aliphatic heterocycles. The first-order chi connectivity index (χ1) is 8.79. The predicted molar refractivity (Wildman–Crippen MR) is 70.5 cm³/mol. The van der Waals surface area contributed by atoms with E-state index in [1.165, 1.54) is 0 Å². The van der Waals surface area contributed by atoms with Gasteiger partial charge in [0, 0.05) is 18.7 Å². The number of nitrogens with one attached hydrogen (secondary N) is 2. The highest BCUT2D eigenvalue weighted by Gasteiger charge is 2.25. The van der Waals surface area contributed by atoms with Crippen molar-refractivity contribution in [2.24, 2.45) is 11.3 Å². The average Bonchev–Trinajstić information content (AvgIpc) is 2.30. The van der Waals surface area contributed by atoms with E-state index in [2.05, 4.69) is 15.7 Å². The molecule has 7 heteroatoms. The van der Waals surface area contributed by atoms with Crippen LogP contribution in [0.25, 0.3) is 0 Å². The molecule has 0 spiro atoms. The van der Waals surface area contributed by atoms with Crippen molar-refractivity contribution in [2.45, 2.75) is 33.2 Å². The summed E-state index contributed by atoms with van der Waals surface area (Å²) in [5.74, 6) is 3.11. The molecule has 0 bridgehead atoms. The zero-order chi connectivity index (χ0) is 14.6. The van der Waals surface area contributed by atoms with Gasteiger partial charge in [0.25, 0.3) is 0 Å². The lowest BCUT2D eigenvalue weighted by Gasteiger charge is -2.31. The van der Waals surface area contributed by atoms with Crippen LogP contribution in [0.5, 0.6) is 0 Å². The Morgan fingerprint density at radius 3 is 2.37 bits per heavy atom. The maximum Gasteiger partial charge on any atom is 0.178 e. The van der Waals surface area contributed by atoms with Crippen LogP contribution >= 0.6 is 0 Å². The highest BCUT2D eigenvalue weighted by Crippen LogP contribution is 2.27. The van der Waals surface area contributed by atoms with Crippen molar-refractivity contribution in [3.05, 3.63) is 17.7 Å². The van der Waals surface area contributed by atoms with E-state index >= 15 is 0 Å². The van der Waals surface area contributed by atoms with Crippen LogP contribution < -0.4 is 16.6 Å². The molecule has 0 amide bonds. The predicted octanol–water partition coefficient (Wildman–Crippen LogP) is 1.85. The van der Waals surface area contributed by atoms with Crippen LogP contribution in [0.3, 0.4) is 0 Å². The Hall–Kier alpha value is -1.47. The van der Waals surface area contributed by atoms with E-state index in [0.29, 0.717) is 12.5 Å². The third kappa shape index (κ3) is 4.00. The zero-order valence-corrected chi connectivity index (χ0v) is 11.3. The number of aliphatic hydroxyl groups is 1. The minimum absolute atomic E-state index is 0.0419. The van der Waals surface area contributed by atoms with Crippen LogP contribution in [0.1, 0.15) is 27.2 Å². The summed E-state index contributed by atoms with van der Waals surface area (Å²) >= 11 is 0. The lowest BCUT2D eigenvalue weighted by Crippen LogP contribution is -2.35. The molecular weight excluding hydrogens is 254 g/mol. The monoisotopic (exact) mass is 274 g/mol. The van der Waals surface area contributed by atoms with Crippen LogP contribution in [-0.2, 0) is 0 Å². The molecule has 0 aliphatic carbocycles. The number of aromatic nitrogens is 1. The molecule has 5 nitrogen and oxygen atoms in total. The molecule has 1 heterocycles. The second kappa shape index (κ2) is 6.12. The number of anilines is 2. The number of hydrazine groups is 1. The highest BCUT2D eigenvalue weighted by molar-refractivity contribution is 5.47. The Morgan fingerprint density at radius 1 is 1.32 bits per heavy atom. The summed E-state index contributed by atoms with van der Waals surface area (Å²) in [7, 11) is 0. The van der Waals surface area contributed by atoms with Crippen LogP contribution in [0.2, 0.25) is 0 Å². The van der Waals surface area contributed by atoms with Crippen molar-refractivity contribution in [3.8, 4) is 0 Å². The fourth-order valence-corrected chi connectivity index (χ4v) is 1.68. The number of nitrogen functional groups attached to an aromatic ring is 1. The van der Waals surface area contributed by atoms with Crippen molar-refractivity contribution in [1.82, 2.24) is 4.98 Å². The number of pyridine rings is 1. The SMILES string of the molecule is CC(C)(C)C(CCO)Nc1nc(NN)c(F)cc1F. The molecule has 19 heavy (non-hydrogen) atoms. The minimum atomic E-state index is -0.861. The van der Waals surface area contributed by atoms with Crippen LogP contribution in [0.4, 0.5) is 20.4 Å². The van der Waals surface area contributed by atoms with Gasteiger partial charge in [0.15, 0.2) is 23.3 Å². The summed E-state index contributed by atoms with van der Waals surface area (Å²) in [6, 6.07) is 0.499. The normalized spacial score (nSPS) is 13.2. The highest BCUT2D eigenvalue weighted by atomic mass is 19.1. The van der Waals surface area contributed by atoms with Crippen molar-refractivity contribution in [2.75, 3.05) is 17.3 Å². The topological polar surface area (TPSA) is 83.2 Å². The van der Waals surface area contributed by atoms with Gasteiger partial charge in [0.2, 0.25) is 0 Å². The first kappa shape index (κ1) is 15.6. The van der Waals surface area contributed by atoms with Gasteiger partial charge in [0.1, 0.15) is 0 Å². The lowest BCUT2D eigenvalue weighted by atomic mass is 9.85. The van der Waals surface area contributed by atoms with Crippen LogP contribution in [-0.4, -0.2) is 22.7 Å². The molecule has 0 saturated heterocycles. The second-order valence-electron chi connectivity index (χ2n) is 5.37. The van der Waals surface area contributed by atoms with E-state index in [1.54, 1.807) is 0 Å². The fraction of sp³-hybridized carbons (Fsp3) is 0.583. The van der Waals surface area contributed by atoms with E-state index in [1.807, 2.05) is 20.8 Å². The molecule has 0 radical (unpaired) electrons. The molecule has 0 fully saturated rings. The van der Waals surface area contributed by atoms with E-state index in [9.17, 15) is 8.78 Å². The Morgan fingerprint density at radius 2 is 1.89 bits per heavy atom. The molecule has 1 unspecified atom stereocenters. The summed E-state index contributed by atoms with van der Waals surface area (Å²) < 4.78 is 26.9. The summed E-state index contributed by atoms with van der Waals surface area (Å²) in [6.07, 6.45) is 0.424. The van der Waals surface area contributed by atoms with Crippen LogP contribution in [0.15, 0.2) is 6.07 Å². The van der Waals surface area contributed by atoms with Gasteiger partial charge < -0.3 is 15.8 Å². The molecule has 1 rings (SSSR count). The molecule has 1 aromatic heterocycles. The number of aliphatic hydroxyl groups excluding tert-OH is 1. The molecule has 108 valence electrons. The van der Waals surface area contributed by atoms with E-state index < -0.39 is 11.6 Å². The summed E-state index contributed by atoms with van der Waals surface area (Å²) in [4.78, 5) is 3.75. The van der Waals surface area contributed by atoms with Crippen molar-refractivity contribution in [3.63, 3.8) is 0 Å². The van der Waals surface area contributed by atoms with Gasteiger partial charge in [-0.2, -0.15) is 0 Å². The van der Waals surface area contributed by atoms with E-state index in [4.69, 9.17) is 10.9 Å². The van der Waals surface area contributed by atoms with Gasteiger partial charge in [0.05, 0.1) is 0 Å². The first-order valence-electron chi connectivity index (χ1n) is 5.99. The Kier molecular flexibility index (Phi) is 5.02. The molecule has 1 atom stereocenters. The van der Waals surface area contributed by atoms with Crippen molar-refractivity contribution in [1.29, 1.82) is 0 Å². The Labute approximate surface area is 111 Å². The van der Waals surface area contributed by atoms with Gasteiger partial charge in [-0.05, 0) is 11.8 Å². The standard InChI is InChI=1S/C12H20F2N4O/c1-12(2,3)9(4-5-19)16-10-7(13)6-8(14)11(17-10)18-15/h6,9,19H,4-5,15H2,1-3H3,(H2,16,17,18). The third-order valence-electron chi connectivity index (χ3n) is 2.84. The van der Waals surface area contributed by atoms with Gasteiger partial charge in [-0.15, -0.1) is 0 Å². The minimum Gasteiger partial charge on any atom is -0.396 e. The quantitative estimate of drug-likeness (QED) is 0.486. The number of rotatable bonds is 5. The molecule has 0 saturated carbocycles. The molecule has 1 aromatic rings. The van der Waals surface area contributed by atoms with E-state index in [-0.39, 0.29) is 29.7 Å². The summed E-state index contributed by atoms with van der Waals surface area (Å²) in [6.45, 7) is 5.80. The van der Waals surface area contributed by atoms with Crippen LogP contribution in [0, 0.1) is 17.0 Å². The summed E-state index contributed by atoms with van der Waals surface area (Å²) in [5.41, 5.74) is 1.84. The molecule has 0 aliphatic rings. The molecule has 5 N–H and O–H groups in total. The number of hydrogen-bond acceptors (Lipinski definition) is 5. The maximum atomic E-state index is 13.7. The van der Waals surface area contributed by atoms with Crippen molar-refractivity contribution < 1.29 is 13.9 Å². The van der Waals surface area contributed by atoms with E-state index in [0.717, 1.165) is 0 Å². The number of nitrogens with two attached hydrogens (primary N) is 1. The van der Waals surface area contributed by atoms with Crippen molar-refractivity contribution >= 4 is 11.6 Å². The van der Waals surface area contributed by atoms with Gasteiger partial charge in [-0.3, -0.25) is 0 Å². The summed E-state index contributed by atoms with van der Waals surface area (Å²) in [5, 5.41) is 11.9. The molecule has 0 aromatic carbocycles. The Balaban J connectivity index is 3.02. The largest absolute Gasteiger partial charge is 0.396 e. The average molecular weight is 274 g/mol.